The van der Waals surface area contributed by atoms with Crippen LogP contribution in [0.5, 0.6) is 5.75 Å². The molecule has 3 saturated heterocycles. The highest BCUT2D eigenvalue weighted by Gasteiger charge is 2.54. The third kappa shape index (κ3) is 14.7. The molecular formula is C55H90N4O17. The molecule has 21 heteroatoms. The molecule has 0 radical (unpaired) electrons. The largest absolute Gasteiger partial charge is 0.492 e. The van der Waals surface area contributed by atoms with Crippen LogP contribution in [0.1, 0.15) is 119 Å². The molecule has 0 unspecified atom stereocenters. The Hall–Kier alpha value is -3.84. The predicted octanol–water partition coefficient (Wildman–Crippen LogP) is 3.54. The van der Waals surface area contributed by atoms with E-state index in [1.807, 2.05) is 51.7 Å². The van der Waals surface area contributed by atoms with Crippen molar-refractivity contribution >= 4 is 28.8 Å². The molecule has 1 aromatic heterocycles. The maximum atomic E-state index is 14.6. The van der Waals surface area contributed by atoms with E-state index in [2.05, 4.69) is 5.32 Å². The zero-order valence-electron chi connectivity index (χ0n) is 47.5. The van der Waals surface area contributed by atoms with Crippen molar-refractivity contribution in [2.24, 2.45) is 17.8 Å². The molecule has 5 rings (SSSR count). The number of benzene rings is 1. The molecule has 21 nitrogen and oxygen atoms in total. The molecule has 18 atom stereocenters. The number of aryl methyl sites for hydroxylation is 1. The Morgan fingerprint density at radius 3 is 2.25 bits per heavy atom. The number of carbonyl (C=O) groups excluding carboxylic acids is 2. The molecule has 0 amide bonds. The second-order valence-electron chi connectivity index (χ2n) is 22.6. The standard InChI is InChI=1S/C55H90N4O17/c1-16-41-55(11,68)47(63)34(7)58(14)28-30(3)26-53(9,67)48(76-52-45(62)40(57(12)13)24-31(4)71-52)32(5)46(33(6)51(66)73-41)75-43-27-54(10,69-15)49(35(8)72-43)74-42(60)20-21-56-22-23-70-36-18-19-39-37(25-36)44(61)38(50(64)65)29-59(39)17-2/h18-19,25,29-35,40-41,43,45-49,52,56,62-63,67-68H,16-17,20-24,26-28H2,1-15H3,(H,64,65)/t30-,31+,32+,33+,34+,35-,40-,41-,43+,45-,46+,47+,48-,49+,52-,53+,54-,55+/m0/s1. The van der Waals surface area contributed by atoms with Gasteiger partial charge in [-0.2, -0.15) is 0 Å². The average molecular weight is 1080 g/mol. The van der Waals surface area contributed by atoms with Crippen LogP contribution >= 0.6 is 0 Å². The first-order valence-corrected chi connectivity index (χ1v) is 27.0. The number of nitrogens with one attached hydrogen (secondary N) is 1. The molecule has 0 aliphatic carbocycles. The van der Waals surface area contributed by atoms with E-state index in [1.54, 1.807) is 65.2 Å². The van der Waals surface area contributed by atoms with Crippen LogP contribution in [0.4, 0.5) is 0 Å². The zero-order chi connectivity index (χ0) is 56.8. The summed E-state index contributed by atoms with van der Waals surface area (Å²) in [4.78, 5) is 56.5. The molecule has 3 fully saturated rings. The summed E-state index contributed by atoms with van der Waals surface area (Å²) >= 11 is 0. The molecule has 3 aliphatic heterocycles. The number of aliphatic hydroxyl groups is 4. The number of fused-ring (bicyclic) bond motifs is 1. The number of pyridine rings is 1. The molecule has 432 valence electrons. The summed E-state index contributed by atoms with van der Waals surface area (Å²) in [6, 6.07) is 4.03. The highest BCUT2D eigenvalue weighted by molar-refractivity contribution is 5.93. The summed E-state index contributed by atoms with van der Waals surface area (Å²) in [5.41, 5.74) is -5.01. The normalized spacial score (nSPS) is 37.5. The topological polar surface area (TPSA) is 267 Å². The van der Waals surface area contributed by atoms with Gasteiger partial charge in [-0.25, -0.2) is 4.79 Å². The molecule has 0 bridgehead atoms. The Balaban J connectivity index is 1.34. The van der Waals surface area contributed by atoms with Gasteiger partial charge in [-0.05, 0) is 120 Å². The summed E-state index contributed by atoms with van der Waals surface area (Å²) in [5.74, 6) is -4.34. The lowest BCUT2D eigenvalue weighted by Crippen LogP contribution is -2.61. The minimum atomic E-state index is -1.87. The molecule has 0 saturated carbocycles. The molecule has 6 N–H and O–H groups in total. The van der Waals surface area contributed by atoms with Gasteiger partial charge in [0.25, 0.3) is 0 Å². The van der Waals surface area contributed by atoms with Gasteiger partial charge in [-0.1, -0.05) is 20.8 Å². The highest BCUT2D eigenvalue weighted by atomic mass is 16.7. The lowest BCUT2D eigenvalue weighted by Gasteiger charge is -2.49. The maximum Gasteiger partial charge on any atom is 0.341 e. The minimum absolute atomic E-state index is 0.0159. The van der Waals surface area contributed by atoms with Crippen molar-refractivity contribution in [1.82, 2.24) is 19.7 Å². The number of carboxylic acid groups (broad SMARTS) is 1. The van der Waals surface area contributed by atoms with Crippen LogP contribution in [-0.4, -0.2) is 203 Å². The Labute approximate surface area is 448 Å². The molecule has 0 spiro atoms. The van der Waals surface area contributed by atoms with E-state index in [0.717, 1.165) is 0 Å². The van der Waals surface area contributed by atoms with Gasteiger partial charge in [0.05, 0.1) is 53.3 Å². The SMILES string of the molecule is CC[C@@H]1OC(=O)[C@H](C)[C@H](O[C@@H]2C[C@](C)(OC)[C@H](OC(=O)CCNCCOc3ccc4c(c3)c(=O)c(C(=O)O)cn4CC)[C@H](C)O2)[C@@H](C)[C@H](O[C@@H]2O[C@H](C)C[C@H](N(C)C)[C@@H]2O)[C@](C)(O)C[C@H](C)CN(C)[C@H](C)[C@@H](O)[C@]1(C)O. The van der Waals surface area contributed by atoms with Gasteiger partial charge in [0.1, 0.15) is 47.4 Å². The fourth-order valence-corrected chi connectivity index (χ4v) is 11.6. The summed E-state index contributed by atoms with van der Waals surface area (Å²) in [7, 11) is 7.05. The van der Waals surface area contributed by atoms with E-state index in [0.29, 0.717) is 37.3 Å². The van der Waals surface area contributed by atoms with Crippen molar-refractivity contribution in [2.75, 3.05) is 54.5 Å². The first-order valence-electron chi connectivity index (χ1n) is 27.0. The third-order valence-corrected chi connectivity index (χ3v) is 16.1. The van der Waals surface area contributed by atoms with Crippen LogP contribution in [-0.2, 0) is 49.3 Å². The average Bonchev–Trinajstić information content (AvgIpc) is 3.35. The van der Waals surface area contributed by atoms with E-state index in [4.69, 9.17) is 37.9 Å². The molecule has 4 heterocycles. The van der Waals surface area contributed by atoms with Crippen LogP contribution in [0, 0.1) is 17.8 Å². The Morgan fingerprint density at radius 1 is 0.947 bits per heavy atom. The number of carboxylic acids is 1. The quantitative estimate of drug-likeness (QED) is 0.0977. The van der Waals surface area contributed by atoms with E-state index < -0.39 is 113 Å². The number of carbonyl (C=O) groups is 3. The smallest absolute Gasteiger partial charge is 0.341 e. The number of hydrogen-bond acceptors (Lipinski definition) is 19. The number of likely N-dealkylation sites (N-methyl/N-ethyl adjacent to an activating group) is 2. The number of aromatic carboxylic acids is 1. The van der Waals surface area contributed by atoms with E-state index in [9.17, 15) is 44.7 Å². The van der Waals surface area contributed by atoms with Gasteiger partial charge in [-0.15, -0.1) is 0 Å². The van der Waals surface area contributed by atoms with Crippen molar-refractivity contribution in [3.05, 3.63) is 40.2 Å². The molecule has 76 heavy (non-hydrogen) atoms. The molecule has 3 aliphatic rings. The number of nitrogens with zero attached hydrogens (tertiary/aromatic N) is 3. The Bertz CT molecular complexity index is 2310. The predicted molar refractivity (Wildman–Crippen MR) is 282 cm³/mol. The van der Waals surface area contributed by atoms with Gasteiger partial charge in [0.15, 0.2) is 18.7 Å². The first-order chi connectivity index (χ1) is 35.5. The second-order valence-corrected chi connectivity index (χ2v) is 22.6. The number of methoxy groups -OCH3 is 1. The van der Waals surface area contributed by atoms with Crippen molar-refractivity contribution in [3.8, 4) is 5.75 Å². The lowest BCUT2D eigenvalue weighted by atomic mass is 9.77. The zero-order valence-corrected chi connectivity index (χ0v) is 47.5. The van der Waals surface area contributed by atoms with Gasteiger partial charge in [0.2, 0.25) is 5.43 Å². The van der Waals surface area contributed by atoms with Gasteiger partial charge in [0, 0.05) is 63.9 Å². The number of aliphatic hydroxyl groups excluding tert-OH is 2. The van der Waals surface area contributed by atoms with Crippen molar-refractivity contribution < 1.29 is 77.8 Å². The Kier molecular flexibility index (Phi) is 21.9. The van der Waals surface area contributed by atoms with Crippen LogP contribution in [0.25, 0.3) is 10.9 Å². The number of rotatable bonds is 17. The number of aromatic nitrogens is 1. The van der Waals surface area contributed by atoms with Crippen LogP contribution in [0.2, 0.25) is 0 Å². The van der Waals surface area contributed by atoms with E-state index >= 15 is 0 Å². The van der Waals surface area contributed by atoms with E-state index in [-0.39, 0.29) is 67.8 Å². The van der Waals surface area contributed by atoms with Crippen LogP contribution < -0.4 is 15.5 Å². The highest BCUT2D eigenvalue weighted by Crippen LogP contribution is 2.41. The second kappa shape index (κ2) is 26.4. The Morgan fingerprint density at radius 2 is 1.63 bits per heavy atom. The van der Waals surface area contributed by atoms with Crippen molar-refractivity contribution in [3.63, 3.8) is 0 Å². The van der Waals surface area contributed by atoms with Gasteiger partial charge < -0.3 is 83.1 Å². The number of ether oxygens (including phenoxy) is 8. The lowest BCUT2D eigenvalue weighted by molar-refractivity contribution is -0.318. The fraction of sp³-hybridized carbons (Fsp3) is 0.782. The monoisotopic (exact) mass is 1080 g/mol. The van der Waals surface area contributed by atoms with E-state index in [1.165, 1.54) is 26.3 Å². The summed E-state index contributed by atoms with van der Waals surface area (Å²) < 4.78 is 52.3. The minimum Gasteiger partial charge on any atom is -0.492 e. The molecule has 1 aromatic carbocycles. The van der Waals surface area contributed by atoms with Gasteiger partial charge >= 0.3 is 17.9 Å². The molecule has 2 aromatic rings. The number of esters is 2. The van der Waals surface area contributed by atoms with Crippen LogP contribution in [0.15, 0.2) is 29.2 Å². The van der Waals surface area contributed by atoms with Crippen LogP contribution in [0.3, 0.4) is 0 Å². The maximum absolute atomic E-state index is 14.6. The number of cyclic esters (lactones) is 1. The number of hydrogen-bond donors (Lipinski definition) is 6. The summed E-state index contributed by atoms with van der Waals surface area (Å²) in [6.07, 6.45) is -7.86. The van der Waals surface area contributed by atoms with Crippen molar-refractivity contribution in [1.29, 1.82) is 0 Å². The summed E-state index contributed by atoms with van der Waals surface area (Å²) in [5, 5.41) is 61.0. The first kappa shape index (κ1) is 63.0. The molecular weight excluding hydrogens is 989 g/mol. The van der Waals surface area contributed by atoms with Gasteiger partial charge in [-0.3, -0.25) is 14.4 Å². The third-order valence-electron chi connectivity index (χ3n) is 16.1. The summed E-state index contributed by atoms with van der Waals surface area (Å²) in [6.45, 7) is 20.9. The fourth-order valence-electron chi connectivity index (χ4n) is 11.6. The van der Waals surface area contributed by atoms with Crippen molar-refractivity contribution in [2.45, 2.75) is 205 Å².